The summed E-state index contributed by atoms with van der Waals surface area (Å²) in [6, 6.07) is 14.7. The number of para-hydroxylation sites is 1. The number of hydrogen-bond acceptors (Lipinski definition) is 4. The summed E-state index contributed by atoms with van der Waals surface area (Å²) >= 11 is 13.9. The standard InChI is InChI=1S/C24H27Cl2N3OS/c1-16-14-28(15-17(2)27(16)3)22-7-5-4-6-18(22)12-23-24(30)29(10-11-31-23)19-8-9-20(25)21(26)13-19/h4-9,12-13,16-17H,10-11,14-15H2,1-3H3/b23-12-. The molecule has 0 radical (unpaired) electrons. The summed E-state index contributed by atoms with van der Waals surface area (Å²) in [5.41, 5.74) is 3.04. The Labute approximate surface area is 198 Å². The number of carbonyl (C=O) groups excluding carboxylic acids is 1. The maximum atomic E-state index is 13.3. The summed E-state index contributed by atoms with van der Waals surface area (Å²) in [5, 5.41) is 0.948. The molecule has 0 N–H and O–H groups in total. The lowest BCUT2D eigenvalue weighted by Gasteiger charge is -2.44. The smallest absolute Gasteiger partial charge is 0.264 e. The number of amides is 1. The monoisotopic (exact) mass is 475 g/mol. The third-order valence-corrected chi connectivity index (χ3v) is 7.90. The Bertz CT molecular complexity index is 1000. The van der Waals surface area contributed by atoms with Crippen LogP contribution in [0, 0.1) is 0 Å². The summed E-state index contributed by atoms with van der Waals surface area (Å²) in [6.07, 6.45) is 2.04. The molecule has 2 atom stereocenters. The van der Waals surface area contributed by atoms with E-state index < -0.39 is 0 Å². The SMILES string of the molecule is CC1CN(c2ccccc2/C=C2\SCCN(c3ccc(Cl)c(Cl)c3)C2=O)CC(C)N1C. The second-order valence-electron chi connectivity index (χ2n) is 8.24. The number of piperazine rings is 1. The maximum absolute atomic E-state index is 13.3. The van der Waals surface area contributed by atoms with Gasteiger partial charge in [-0.2, -0.15) is 0 Å². The van der Waals surface area contributed by atoms with Crippen LogP contribution in [0.5, 0.6) is 0 Å². The van der Waals surface area contributed by atoms with Gasteiger partial charge in [-0.25, -0.2) is 0 Å². The minimum Gasteiger partial charge on any atom is -0.368 e. The Balaban J connectivity index is 1.63. The minimum atomic E-state index is 0.00422. The van der Waals surface area contributed by atoms with Gasteiger partial charge in [0.1, 0.15) is 0 Å². The molecule has 2 fully saturated rings. The van der Waals surface area contributed by atoms with Crippen LogP contribution in [0.3, 0.4) is 0 Å². The average Bonchev–Trinajstić information content (AvgIpc) is 2.75. The molecular weight excluding hydrogens is 449 g/mol. The van der Waals surface area contributed by atoms with Crippen LogP contribution in [0.1, 0.15) is 19.4 Å². The molecule has 2 heterocycles. The van der Waals surface area contributed by atoms with E-state index in [1.165, 1.54) is 5.69 Å². The highest BCUT2D eigenvalue weighted by molar-refractivity contribution is 8.04. The Morgan fingerprint density at radius 2 is 1.74 bits per heavy atom. The van der Waals surface area contributed by atoms with Crippen molar-refractivity contribution in [3.8, 4) is 0 Å². The number of carbonyl (C=O) groups is 1. The van der Waals surface area contributed by atoms with E-state index in [1.54, 1.807) is 28.8 Å². The van der Waals surface area contributed by atoms with Gasteiger partial charge in [-0.1, -0.05) is 41.4 Å². The number of halogens is 2. The van der Waals surface area contributed by atoms with Crippen molar-refractivity contribution in [3.05, 3.63) is 63.0 Å². The van der Waals surface area contributed by atoms with Gasteiger partial charge in [-0.3, -0.25) is 9.69 Å². The highest BCUT2D eigenvalue weighted by Crippen LogP contribution is 2.35. The van der Waals surface area contributed by atoms with Gasteiger partial charge in [0.15, 0.2) is 0 Å². The summed E-state index contributed by atoms with van der Waals surface area (Å²) in [6.45, 7) is 7.11. The van der Waals surface area contributed by atoms with E-state index in [0.29, 0.717) is 28.7 Å². The summed E-state index contributed by atoms with van der Waals surface area (Å²) in [5.74, 6) is 0.840. The van der Waals surface area contributed by atoms with E-state index in [0.717, 1.165) is 35.0 Å². The molecule has 0 aliphatic carbocycles. The van der Waals surface area contributed by atoms with Gasteiger partial charge in [0, 0.05) is 48.8 Å². The molecule has 2 aromatic rings. The molecule has 2 saturated heterocycles. The number of hydrogen-bond donors (Lipinski definition) is 0. The first-order chi connectivity index (χ1) is 14.8. The fourth-order valence-electron chi connectivity index (χ4n) is 4.19. The molecule has 2 aliphatic rings. The van der Waals surface area contributed by atoms with Gasteiger partial charge in [0.2, 0.25) is 0 Å². The van der Waals surface area contributed by atoms with Gasteiger partial charge in [0.25, 0.3) is 5.91 Å². The van der Waals surface area contributed by atoms with E-state index in [4.69, 9.17) is 23.2 Å². The zero-order chi connectivity index (χ0) is 22.1. The molecule has 1 amide bonds. The molecule has 164 valence electrons. The van der Waals surface area contributed by atoms with Crippen LogP contribution in [0.4, 0.5) is 11.4 Å². The molecule has 0 aromatic heterocycles. The van der Waals surface area contributed by atoms with Crippen LogP contribution in [-0.4, -0.2) is 55.3 Å². The van der Waals surface area contributed by atoms with E-state index in [-0.39, 0.29) is 5.91 Å². The number of nitrogens with zero attached hydrogens (tertiary/aromatic N) is 3. The molecule has 0 bridgehead atoms. The lowest BCUT2D eigenvalue weighted by atomic mass is 10.1. The van der Waals surface area contributed by atoms with Gasteiger partial charge in [-0.15, -0.1) is 11.8 Å². The summed E-state index contributed by atoms with van der Waals surface area (Å²) in [4.78, 5) is 20.7. The molecule has 0 saturated carbocycles. The largest absolute Gasteiger partial charge is 0.368 e. The van der Waals surface area contributed by atoms with Crippen molar-refractivity contribution in [2.24, 2.45) is 0 Å². The normalized spacial score (nSPS) is 24.2. The van der Waals surface area contributed by atoms with E-state index in [9.17, 15) is 4.79 Å². The molecule has 2 aromatic carbocycles. The highest BCUT2D eigenvalue weighted by Gasteiger charge is 2.29. The first-order valence-corrected chi connectivity index (χ1v) is 12.3. The van der Waals surface area contributed by atoms with Crippen molar-refractivity contribution in [2.75, 3.05) is 42.2 Å². The second kappa shape index (κ2) is 9.45. The predicted molar refractivity (Wildman–Crippen MR) is 135 cm³/mol. The summed E-state index contributed by atoms with van der Waals surface area (Å²) in [7, 11) is 2.19. The topological polar surface area (TPSA) is 26.8 Å². The van der Waals surface area contributed by atoms with Crippen molar-refractivity contribution >= 4 is 58.3 Å². The van der Waals surface area contributed by atoms with Crippen molar-refractivity contribution in [1.82, 2.24) is 4.90 Å². The molecule has 2 unspecified atom stereocenters. The van der Waals surface area contributed by atoms with E-state index in [1.807, 2.05) is 18.2 Å². The average molecular weight is 476 g/mol. The second-order valence-corrected chi connectivity index (χ2v) is 10.2. The Hall–Kier alpha value is -1.66. The lowest BCUT2D eigenvalue weighted by molar-refractivity contribution is -0.114. The van der Waals surface area contributed by atoms with E-state index >= 15 is 0 Å². The maximum Gasteiger partial charge on any atom is 0.264 e. The van der Waals surface area contributed by atoms with Crippen LogP contribution in [0.2, 0.25) is 10.0 Å². The summed E-state index contributed by atoms with van der Waals surface area (Å²) < 4.78 is 0. The molecule has 4 rings (SSSR count). The van der Waals surface area contributed by atoms with E-state index in [2.05, 4.69) is 48.9 Å². The lowest BCUT2D eigenvalue weighted by Crippen LogP contribution is -2.55. The van der Waals surface area contributed by atoms with Crippen LogP contribution in [0.15, 0.2) is 47.4 Å². The van der Waals surface area contributed by atoms with Crippen molar-refractivity contribution in [3.63, 3.8) is 0 Å². The number of rotatable bonds is 3. The minimum absolute atomic E-state index is 0.00422. The van der Waals surface area contributed by atoms with Crippen molar-refractivity contribution < 1.29 is 4.79 Å². The third kappa shape index (κ3) is 4.75. The van der Waals surface area contributed by atoms with Crippen molar-refractivity contribution in [1.29, 1.82) is 0 Å². The van der Waals surface area contributed by atoms with Gasteiger partial charge >= 0.3 is 0 Å². The zero-order valence-electron chi connectivity index (χ0n) is 18.0. The molecule has 4 nitrogen and oxygen atoms in total. The van der Waals surface area contributed by atoms with Crippen LogP contribution >= 0.6 is 35.0 Å². The molecule has 2 aliphatic heterocycles. The predicted octanol–water partition coefficient (Wildman–Crippen LogP) is 5.64. The molecule has 0 spiro atoms. The van der Waals surface area contributed by atoms with Gasteiger partial charge < -0.3 is 9.80 Å². The molecular formula is C24H27Cl2N3OS. The quantitative estimate of drug-likeness (QED) is 0.536. The number of anilines is 2. The number of thioether (sulfide) groups is 1. The first-order valence-electron chi connectivity index (χ1n) is 10.5. The molecule has 31 heavy (non-hydrogen) atoms. The first kappa shape index (κ1) is 22.5. The Kier molecular flexibility index (Phi) is 6.87. The van der Waals surface area contributed by atoms with Crippen LogP contribution in [-0.2, 0) is 4.79 Å². The van der Waals surface area contributed by atoms with Gasteiger partial charge in [0.05, 0.1) is 15.0 Å². The Morgan fingerprint density at radius 3 is 2.45 bits per heavy atom. The van der Waals surface area contributed by atoms with Crippen LogP contribution < -0.4 is 9.80 Å². The fourth-order valence-corrected chi connectivity index (χ4v) is 5.42. The van der Waals surface area contributed by atoms with Gasteiger partial charge in [-0.05, 0) is 56.8 Å². The van der Waals surface area contributed by atoms with Crippen molar-refractivity contribution in [2.45, 2.75) is 25.9 Å². The number of likely N-dealkylation sites (N-methyl/N-ethyl adjacent to an activating group) is 1. The zero-order valence-corrected chi connectivity index (χ0v) is 20.3. The number of benzene rings is 2. The fraction of sp³-hybridized carbons (Fsp3) is 0.375. The Morgan fingerprint density at radius 1 is 1.03 bits per heavy atom. The van der Waals surface area contributed by atoms with Crippen LogP contribution in [0.25, 0.3) is 6.08 Å². The molecule has 7 heteroatoms. The third-order valence-electron chi connectivity index (χ3n) is 6.17. The highest BCUT2D eigenvalue weighted by atomic mass is 35.5.